The van der Waals surface area contributed by atoms with Gasteiger partial charge in [-0.15, -0.1) is 0 Å². The highest BCUT2D eigenvalue weighted by molar-refractivity contribution is 5.85. The number of H-pyrrole nitrogens is 1. The van der Waals surface area contributed by atoms with E-state index in [4.69, 9.17) is 4.74 Å². The summed E-state index contributed by atoms with van der Waals surface area (Å²) in [6, 6.07) is 7.81. The van der Waals surface area contributed by atoms with E-state index in [0.29, 0.717) is 5.75 Å². The molecular formula is C11H13NO2. The van der Waals surface area contributed by atoms with Crippen LogP contribution in [-0.4, -0.2) is 15.9 Å². The Morgan fingerprint density at radius 2 is 2.00 bits per heavy atom. The average molecular weight is 191 g/mol. The number of rotatable bonds is 2. The molecule has 0 amide bonds. The van der Waals surface area contributed by atoms with Crippen molar-refractivity contribution < 1.29 is 9.84 Å². The fourth-order valence-corrected chi connectivity index (χ4v) is 1.40. The van der Waals surface area contributed by atoms with Crippen LogP contribution in [0.2, 0.25) is 0 Å². The first-order valence-electron chi connectivity index (χ1n) is 4.54. The Kier molecular flexibility index (Phi) is 1.97. The molecule has 0 atom stereocenters. The molecule has 74 valence electrons. The van der Waals surface area contributed by atoms with Crippen molar-refractivity contribution >= 4 is 10.9 Å². The largest absolute Gasteiger partial charge is 0.461 e. The van der Waals surface area contributed by atoms with Crippen LogP contribution in [0.25, 0.3) is 10.9 Å². The molecule has 2 rings (SSSR count). The summed E-state index contributed by atoms with van der Waals surface area (Å²) in [6.07, 6.45) is 1.75. The predicted molar refractivity (Wildman–Crippen MR) is 55.2 cm³/mol. The van der Waals surface area contributed by atoms with E-state index in [9.17, 15) is 5.11 Å². The first-order valence-corrected chi connectivity index (χ1v) is 4.54. The minimum absolute atomic E-state index is 0.674. The Morgan fingerprint density at radius 3 is 2.71 bits per heavy atom. The first kappa shape index (κ1) is 9.09. The van der Waals surface area contributed by atoms with E-state index >= 15 is 0 Å². The van der Waals surface area contributed by atoms with Gasteiger partial charge in [0.1, 0.15) is 5.75 Å². The molecule has 0 aliphatic rings. The topological polar surface area (TPSA) is 45.2 Å². The van der Waals surface area contributed by atoms with E-state index in [1.165, 1.54) is 0 Å². The molecule has 0 aliphatic heterocycles. The van der Waals surface area contributed by atoms with Crippen LogP contribution in [0.15, 0.2) is 30.5 Å². The molecule has 2 aromatic rings. The summed E-state index contributed by atoms with van der Waals surface area (Å²) in [5.41, 5.74) is 1.01. The summed E-state index contributed by atoms with van der Waals surface area (Å²) in [4.78, 5) is 3.07. The number of para-hydroxylation sites is 1. The quantitative estimate of drug-likeness (QED) is 0.715. The minimum atomic E-state index is -1.15. The number of aromatic amines is 1. The molecule has 0 saturated carbocycles. The molecule has 14 heavy (non-hydrogen) atoms. The van der Waals surface area contributed by atoms with Crippen LogP contribution < -0.4 is 4.74 Å². The third-order valence-electron chi connectivity index (χ3n) is 1.91. The van der Waals surface area contributed by atoms with Gasteiger partial charge in [0.15, 0.2) is 0 Å². The zero-order valence-electron chi connectivity index (χ0n) is 8.24. The normalized spacial score (nSPS) is 11.9. The van der Waals surface area contributed by atoms with Gasteiger partial charge in [0, 0.05) is 30.9 Å². The molecule has 3 nitrogen and oxygen atoms in total. The number of hydrogen-bond acceptors (Lipinski definition) is 2. The smallest absolute Gasteiger partial charge is 0.202 e. The van der Waals surface area contributed by atoms with Crippen LogP contribution in [0.3, 0.4) is 0 Å². The number of nitrogens with one attached hydrogen (secondary N) is 1. The van der Waals surface area contributed by atoms with E-state index in [0.717, 1.165) is 10.9 Å². The number of aliphatic hydroxyl groups is 1. The van der Waals surface area contributed by atoms with E-state index in [1.54, 1.807) is 20.0 Å². The number of benzene rings is 1. The molecule has 0 fully saturated rings. The maximum Gasteiger partial charge on any atom is 0.202 e. The van der Waals surface area contributed by atoms with Crippen LogP contribution in [0.1, 0.15) is 13.8 Å². The van der Waals surface area contributed by atoms with Crippen LogP contribution in [0.5, 0.6) is 5.75 Å². The van der Waals surface area contributed by atoms with Gasteiger partial charge in [-0.25, -0.2) is 0 Å². The lowest BCUT2D eigenvalue weighted by molar-refractivity contribution is -0.103. The van der Waals surface area contributed by atoms with Crippen LogP contribution in [0, 0.1) is 0 Å². The lowest BCUT2D eigenvalue weighted by atomic mass is 10.2. The van der Waals surface area contributed by atoms with Gasteiger partial charge in [0.25, 0.3) is 0 Å². The highest BCUT2D eigenvalue weighted by atomic mass is 16.6. The average Bonchev–Trinajstić information content (AvgIpc) is 2.47. The van der Waals surface area contributed by atoms with Crippen molar-refractivity contribution in [2.75, 3.05) is 0 Å². The number of aromatic nitrogens is 1. The van der Waals surface area contributed by atoms with E-state index in [2.05, 4.69) is 4.98 Å². The summed E-state index contributed by atoms with van der Waals surface area (Å²) in [5.74, 6) is -0.474. The van der Waals surface area contributed by atoms with Gasteiger partial charge in [-0.05, 0) is 12.1 Å². The van der Waals surface area contributed by atoms with Crippen molar-refractivity contribution in [2.45, 2.75) is 19.6 Å². The molecule has 3 heteroatoms. The molecule has 1 aromatic carbocycles. The van der Waals surface area contributed by atoms with Gasteiger partial charge >= 0.3 is 0 Å². The van der Waals surface area contributed by atoms with Crippen LogP contribution in [0.4, 0.5) is 0 Å². The molecule has 0 bridgehead atoms. The maximum absolute atomic E-state index is 9.51. The lowest BCUT2D eigenvalue weighted by Gasteiger charge is -2.18. The molecule has 1 heterocycles. The molecule has 0 radical (unpaired) electrons. The molecule has 0 unspecified atom stereocenters. The van der Waals surface area contributed by atoms with E-state index < -0.39 is 5.79 Å². The van der Waals surface area contributed by atoms with Crippen molar-refractivity contribution in [1.29, 1.82) is 0 Å². The Labute approximate surface area is 82.3 Å². The van der Waals surface area contributed by atoms with E-state index in [1.807, 2.05) is 24.3 Å². The molecule has 0 saturated heterocycles. The first-order chi connectivity index (χ1) is 6.56. The second-order valence-electron chi connectivity index (χ2n) is 3.75. The van der Waals surface area contributed by atoms with Crippen molar-refractivity contribution in [3.8, 4) is 5.75 Å². The Morgan fingerprint density at radius 1 is 1.29 bits per heavy atom. The summed E-state index contributed by atoms with van der Waals surface area (Å²) in [6.45, 7) is 3.21. The second kappa shape index (κ2) is 3.03. The fraction of sp³-hybridized carbons (Fsp3) is 0.273. The van der Waals surface area contributed by atoms with E-state index in [-0.39, 0.29) is 0 Å². The Balaban J connectivity index is 2.44. The number of ether oxygens (including phenoxy) is 1. The van der Waals surface area contributed by atoms with Crippen molar-refractivity contribution in [3.05, 3.63) is 30.5 Å². The standard InChI is InChI=1S/C11H13NO2/c1-11(2,13)14-10-7-12-9-6-4-3-5-8(9)10/h3-7,12-13H,1-2H3. The molecule has 0 aliphatic carbocycles. The summed E-state index contributed by atoms with van der Waals surface area (Å²) in [5, 5.41) is 10.5. The Hall–Kier alpha value is -1.48. The van der Waals surface area contributed by atoms with Crippen LogP contribution >= 0.6 is 0 Å². The second-order valence-corrected chi connectivity index (χ2v) is 3.75. The SMILES string of the molecule is CC(C)(O)Oc1c[nH]c2ccccc12. The zero-order valence-corrected chi connectivity index (χ0v) is 8.24. The van der Waals surface area contributed by atoms with Gasteiger partial charge in [-0.2, -0.15) is 0 Å². The summed E-state index contributed by atoms with van der Waals surface area (Å²) in [7, 11) is 0. The number of fused-ring (bicyclic) bond motifs is 1. The predicted octanol–water partition coefficient (Wildman–Crippen LogP) is 2.28. The maximum atomic E-state index is 9.51. The monoisotopic (exact) mass is 191 g/mol. The van der Waals surface area contributed by atoms with Gasteiger partial charge in [0.2, 0.25) is 5.79 Å². The number of hydrogen-bond donors (Lipinski definition) is 2. The van der Waals surface area contributed by atoms with Gasteiger partial charge < -0.3 is 14.8 Å². The lowest BCUT2D eigenvalue weighted by Crippen LogP contribution is -2.26. The summed E-state index contributed by atoms with van der Waals surface area (Å²) < 4.78 is 5.38. The highest BCUT2D eigenvalue weighted by Crippen LogP contribution is 2.27. The van der Waals surface area contributed by atoms with Crippen molar-refractivity contribution in [3.63, 3.8) is 0 Å². The van der Waals surface area contributed by atoms with Crippen molar-refractivity contribution in [2.24, 2.45) is 0 Å². The fourth-order valence-electron chi connectivity index (χ4n) is 1.40. The third-order valence-corrected chi connectivity index (χ3v) is 1.91. The minimum Gasteiger partial charge on any atom is -0.461 e. The Bertz CT molecular complexity index is 440. The molecule has 1 aromatic heterocycles. The van der Waals surface area contributed by atoms with Gasteiger partial charge in [-0.3, -0.25) is 0 Å². The molecule has 0 spiro atoms. The van der Waals surface area contributed by atoms with Crippen LogP contribution in [-0.2, 0) is 0 Å². The van der Waals surface area contributed by atoms with Gasteiger partial charge in [-0.1, -0.05) is 12.1 Å². The summed E-state index contributed by atoms with van der Waals surface area (Å²) >= 11 is 0. The zero-order chi connectivity index (χ0) is 10.2. The highest BCUT2D eigenvalue weighted by Gasteiger charge is 2.16. The molecule has 2 N–H and O–H groups in total. The third kappa shape index (κ3) is 1.72. The molecular weight excluding hydrogens is 178 g/mol. The van der Waals surface area contributed by atoms with Gasteiger partial charge in [0.05, 0.1) is 0 Å². The van der Waals surface area contributed by atoms with Crippen molar-refractivity contribution in [1.82, 2.24) is 4.98 Å².